The number of H-pyrrole nitrogens is 1. The first-order valence-electron chi connectivity index (χ1n) is 6.64. The van der Waals surface area contributed by atoms with Crippen LogP contribution < -0.4 is 10.7 Å². The zero-order chi connectivity index (χ0) is 16.1. The first-order valence-corrected chi connectivity index (χ1v) is 7.89. The predicted octanol–water partition coefficient (Wildman–Crippen LogP) is 3.95. The maximum absolute atomic E-state index is 12.8. The van der Waals surface area contributed by atoms with Gasteiger partial charge in [-0.05, 0) is 53.5 Å². The van der Waals surface area contributed by atoms with E-state index in [9.17, 15) is 9.70 Å². The van der Waals surface area contributed by atoms with Gasteiger partial charge >= 0.3 is 0 Å². The fraction of sp³-hybridized carbons (Fsp3) is 0. The van der Waals surface area contributed by atoms with Crippen molar-refractivity contribution in [3.63, 3.8) is 0 Å². The molecule has 6 nitrogen and oxygen atoms in total. The van der Waals surface area contributed by atoms with Crippen molar-refractivity contribution in [3.8, 4) is 0 Å². The Kier molecular flexibility index (Phi) is 3.15. The molecule has 0 fully saturated rings. The second-order valence-corrected chi connectivity index (χ2v) is 6.18. The molecule has 0 bridgehead atoms. The molecule has 4 aromatic rings. The summed E-state index contributed by atoms with van der Waals surface area (Å²) in [4.78, 5) is 28.0. The average molecular weight is 345 g/mol. The topological polar surface area (TPSA) is 92.7 Å². The second-order valence-electron chi connectivity index (χ2n) is 5.04. The Balaban J connectivity index is 2.30. The highest BCUT2D eigenvalue weighted by molar-refractivity contribution is 7.97. The van der Waals surface area contributed by atoms with Crippen LogP contribution in [-0.2, 0) is 0 Å². The van der Waals surface area contributed by atoms with E-state index in [1.165, 1.54) is 4.40 Å². The summed E-state index contributed by atoms with van der Waals surface area (Å²) in [5.74, 6) is 0. The molecule has 0 radical (unpaired) electrons. The second kappa shape index (κ2) is 5.09. The van der Waals surface area contributed by atoms with E-state index in [4.69, 9.17) is 16.7 Å². The van der Waals surface area contributed by atoms with Crippen molar-refractivity contribution in [3.05, 3.63) is 56.7 Å². The van der Waals surface area contributed by atoms with Gasteiger partial charge in [0.25, 0.3) is 5.56 Å². The summed E-state index contributed by atoms with van der Waals surface area (Å²) in [6, 6.07) is 10.2. The molecule has 0 aliphatic carbocycles. The average Bonchev–Trinajstić information content (AvgIpc) is 2.87. The lowest BCUT2D eigenvalue weighted by atomic mass is 10.2. The number of hydrogen-bond donors (Lipinski definition) is 2. The van der Waals surface area contributed by atoms with Gasteiger partial charge in [-0.1, -0.05) is 11.6 Å². The van der Waals surface area contributed by atoms with E-state index in [1.807, 2.05) is 0 Å². The third-order valence-electron chi connectivity index (χ3n) is 3.81. The van der Waals surface area contributed by atoms with Crippen LogP contribution in [0.4, 0.5) is 5.69 Å². The Morgan fingerprint density at radius 1 is 1.17 bits per heavy atom. The van der Waals surface area contributed by atoms with Gasteiger partial charge in [0.1, 0.15) is 5.65 Å². The number of benzene rings is 2. The van der Waals surface area contributed by atoms with Crippen LogP contribution in [0.25, 0.3) is 27.5 Å². The Morgan fingerprint density at radius 2 is 2.00 bits per heavy atom. The van der Waals surface area contributed by atoms with Crippen molar-refractivity contribution >= 4 is 56.7 Å². The Morgan fingerprint density at radius 3 is 2.74 bits per heavy atom. The van der Waals surface area contributed by atoms with Gasteiger partial charge in [0.05, 0.1) is 16.4 Å². The lowest BCUT2D eigenvalue weighted by molar-refractivity contribution is 1.15. The summed E-state index contributed by atoms with van der Waals surface area (Å²) in [6.45, 7) is 0. The molecule has 0 saturated heterocycles. The van der Waals surface area contributed by atoms with Crippen LogP contribution in [0.1, 0.15) is 0 Å². The third-order valence-corrected chi connectivity index (χ3v) is 4.57. The molecule has 0 saturated carbocycles. The van der Waals surface area contributed by atoms with E-state index in [2.05, 4.69) is 10.2 Å². The number of rotatable bonds is 2. The van der Waals surface area contributed by atoms with Gasteiger partial charge in [0.15, 0.2) is 5.69 Å². The van der Waals surface area contributed by atoms with Crippen molar-refractivity contribution in [2.75, 3.05) is 0 Å². The highest BCUT2D eigenvalue weighted by Gasteiger charge is 2.17. The molecule has 8 heteroatoms. The van der Waals surface area contributed by atoms with Gasteiger partial charge in [-0.3, -0.25) is 14.3 Å². The number of nitrogens with one attached hydrogen (secondary N) is 1. The van der Waals surface area contributed by atoms with Gasteiger partial charge in [0, 0.05) is 15.3 Å². The molecular formula is C15H9ClN4O2S. The molecule has 0 aliphatic rings. The molecule has 114 valence electrons. The minimum atomic E-state index is -0.238. The van der Waals surface area contributed by atoms with E-state index in [0.717, 1.165) is 16.8 Å². The molecule has 0 aliphatic heterocycles. The molecule has 2 aromatic heterocycles. The first-order chi connectivity index (χ1) is 11.1. The van der Waals surface area contributed by atoms with Crippen molar-refractivity contribution in [2.24, 2.45) is 10.3 Å². The van der Waals surface area contributed by atoms with Crippen LogP contribution in [0.3, 0.4) is 0 Å². The summed E-state index contributed by atoms with van der Waals surface area (Å²) < 4.78 is 1.45. The van der Waals surface area contributed by atoms with Crippen LogP contribution in [0.5, 0.6) is 0 Å². The van der Waals surface area contributed by atoms with Gasteiger partial charge in [0.2, 0.25) is 0 Å². The Bertz CT molecular complexity index is 1170. The van der Waals surface area contributed by atoms with Crippen molar-refractivity contribution < 1.29 is 0 Å². The first kappa shape index (κ1) is 14.3. The van der Waals surface area contributed by atoms with Crippen LogP contribution in [0.15, 0.2) is 51.3 Å². The van der Waals surface area contributed by atoms with Crippen LogP contribution in [0, 0.1) is 4.91 Å². The summed E-state index contributed by atoms with van der Waals surface area (Å²) in [5, 5.41) is 10.2. The summed E-state index contributed by atoms with van der Waals surface area (Å²) in [7, 11) is 0. The standard InChI is InChI=1S/C15H9ClN4O2S/c16-7-1-3-9-11(5-7)18-14-13(19-22)10-6-8(23-17)2-4-12(10)20(14)15(9)21/h1-6,18H,17H2. The molecule has 3 N–H and O–H groups in total. The van der Waals surface area contributed by atoms with Crippen molar-refractivity contribution in [2.45, 2.75) is 4.90 Å². The number of aromatic nitrogens is 2. The largest absolute Gasteiger partial charge is 0.339 e. The number of nitrogens with two attached hydrogens (primary N) is 1. The highest BCUT2D eigenvalue weighted by atomic mass is 35.5. The molecule has 0 spiro atoms. The van der Waals surface area contributed by atoms with Crippen molar-refractivity contribution in [1.82, 2.24) is 9.38 Å². The zero-order valence-corrected chi connectivity index (χ0v) is 13.1. The quantitative estimate of drug-likeness (QED) is 0.425. The molecule has 2 aromatic carbocycles. The SMILES string of the molecule is NSc1ccc2c(c1)c(N=O)c1[nH]c3cc(Cl)ccc3c(=O)n12. The third kappa shape index (κ3) is 1.98. The monoisotopic (exact) mass is 344 g/mol. The fourth-order valence-electron chi connectivity index (χ4n) is 2.80. The molecule has 23 heavy (non-hydrogen) atoms. The zero-order valence-electron chi connectivity index (χ0n) is 11.5. The molecule has 2 heterocycles. The smallest absolute Gasteiger partial charge is 0.266 e. The molecule has 0 unspecified atom stereocenters. The van der Waals surface area contributed by atoms with Crippen LogP contribution >= 0.6 is 23.5 Å². The normalized spacial score (nSPS) is 11.6. The Labute approximate surface area is 138 Å². The lowest BCUT2D eigenvalue weighted by Crippen LogP contribution is -2.13. The van der Waals surface area contributed by atoms with Gasteiger partial charge < -0.3 is 4.98 Å². The summed E-state index contributed by atoms with van der Waals surface area (Å²) >= 11 is 7.05. The number of halogens is 1. The fourth-order valence-corrected chi connectivity index (χ4v) is 3.30. The highest BCUT2D eigenvalue weighted by Crippen LogP contribution is 2.34. The van der Waals surface area contributed by atoms with Gasteiger partial charge in [-0.25, -0.2) is 0 Å². The maximum Gasteiger partial charge on any atom is 0.266 e. The van der Waals surface area contributed by atoms with E-state index < -0.39 is 0 Å². The van der Waals surface area contributed by atoms with Crippen LogP contribution in [0.2, 0.25) is 5.02 Å². The van der Waals surface area contributed by atoms with Crippen LogP contribution in [-0.4, -0.2) is 9.38 Å². The molecule has 4 rings (SSSR count). The van der Waals surface area contributed by atoms with E-state index in [-0.39, 0.29) is 11.2 Å². The van der Waals surface area contributed by atoms with Gasteiger partial charge in [-0.15, -0.1) is 4.91 Å². The number of fused-ring (bicyclic) bond motifs is 4. The summed E-state index contributed by atoms with van der Waals surface area (Å²) in [6.07, 6.45) is 0. The lowest BCUT2D eigenvalue weighted by Gasteiger charge is -2.02. The van der Waals surface area contributed by atoms with E-state index >= 15 is 0 Å². The Hall–Kier alpha value is -2.35. The van der Waals surface area contributed by atoms with E-state index in [0.29, 0.717) is 32.5 Å². The molecule has 0 atom stereocenters. The van der Waals surface area contributed by atoms with Crippen molar-refractivity contribution in [1.29, 1.82) is 0 Å². The maximum atomic E-state index is 12.8. The van der Waals surface area contributed by atoms with E-state index in [1.54, 1.807) is 36.4 Å². The summed E-state index contributed by atoms with van der Waals surface area (Å²) in [5.41, 5.74) is 1.43. The minimum absolute atomic E-state index is 0.176. The number of nitroso groups, excluding NO2 is 1. The van der Waals surface area contributed by atoms with Gasteiger partial charge in [-0.2, -0.15) is 0 Å². The predicted molar refractivity (Wildman–Crippen MR) is 93.5 cm³/mol. The number of nitrogens with zero attached hydrogens (tertiary/aromatic N) is 2. The molecule has 0 amide bonds. The minimum Gasteiger partial charge on any atom is -0.339 e. The molecular weight excluding hydrogens is 336 g/mol. The number of aromatic amines is 1. The number of hydrogen-bond acceptors (Lipinski definition) is 5.